The second-order valence-corrected chi connectivity index (χ2v) is 7.85. The molecule has 0 fully saturated rings. The fourth-order valence-electron chi connectivity index (χ4n) is 1.73. The van der Waals surface area contributed by atoms with Gasteiger partial charge < -0.3 is 15.2 Å². The van der Waals surface area contributed by atoms with Crippen molar-refractivity contribution in [3.05, 3.63) is 15.9 Å². The number of halogens is 1. The van der Waals surface area contributed by atoms with Crippen LogP contribution in [0.15, 0.2) is 4.47 Å². The van der Waals surface area contributed by atoms with Gasteiger partial charge in [0, 0.05) is 18.6 Å². The van der Waals surface area contributed by atoms with Gasteiger partial charge in [-0.2, -0.15) is 16.9 Å². The van der Waals surface area contributed by atoms with Crippen LogP contribution in [0.3, 0.4) is 0 Å². The Kier molecular flexibility index (Phi) is 6.94. The van der Waals surface area contributed by atoms with Crippen LogP contribution in [-0.4, -0.2) is 44.3 Å². The molecule has 0 aliphatic carbocycles. The molecule has 7 nitrogen and oxygen atoms in total. The highest BCUT2D eigenvalue weighted by atomic mass is 79.9. The zero-order valence-electron chi connectivity index (χ0n) is 13.8. The van der Waals surface area contributed by atoms with Crippen molar-refractivity contribution in [1.29, 1.82) is 0 Å². The van der Waals surface area contributed by atoms with Crippen LogP contribution in [0.25, 0.3) is 0 Å². The molecule has 1 amide bonds. The number of nitrogens with zero attached hydrogens (tertiary/aromatic N) is 2. The first-order valence-electron chi connectivity index (χ1n) is 6.99. The summed E-state index contributed by atoms with van der Waals surface area (Å²) in [6.45, 7) is 7.06. The summed E-state index contributed by atoms with van der Waals surface area (Å²) in [6.07, 6.45) is -0.733. The second-order valence-electron chi connectivity index (χ2n) is 6.02. The van der Waals surface area contributed by atoms with Gasteiger partial charge in [0.25, 0.3) is 0 Å². The monoisotopic (exact) mass is 407 g/mol. The van der Waals surface area contributed by atoms with Crippen molar-refractivity contribution >= 4 is 39.8 Å². The minimum Gasteiger partial charge on any atom is -0.480 e. The zero-order chi connectivity index (χ0) is 17.8. The van der Waals surface area contributed by atoms with Crippen molar-refractivity contribution in [1.82, 2.24) is 15.1 Å². The summed E-state index contributed by atoms with van der Waals surface area (Å²) < 4.78 is 7.75. The lowest BCUT2D eigenvalue weighted by Crippen LogP contribution is -2.44. The van der Waals surface area contributed by atoms with Crippen LogP contribution in [0, 0.1) is 6.92 Å². The zero-order valence-corrected chi connectivity index (χ0v) is 16.2. The lowest BCUT2D eigenvalue weighted by atomic mass is 10.2. The van der Waals surface area contributed by atoms with Gasteiger partial charge in [-0.3, -0.25) is 4.68 Å². The highest BCUT2D eigenvalue weighted by molar-refractivity contribution is 9.10. The third-order valence-electron chi connectivity index (χ3n) is 2.77. The van der Waals surface area contributed by atoms with Crippen LogP contribution in [-0.2, 0) is 22.3 Å². The van der Waals surface area contributed by atoms with Crippen molar-refractivity contribution in [2.75, 3.05) is 5.75 Å². The molecule has 0 saturated heterocycles. The molecule has 2 N–H and O–H groups in total. The average molecular weight is 408 g/mol. The van der Waals surface area contributed by atoms with Gasteiger partial charge in [0.2, 0.25) is 0 Å². The number of alkyl carbamates (subject to hydrolysis) is 1. The number of carbonyl (C=O) groups is 2. The first kappa shape index (κ1) is 19.8. The van der Waals surface area contributed by atoms with Gasteiger partial charge in [0.1, 0.15) is 11.6 Å². The number of ether oxygens (including phenoxy) is 1. The Bertz CT molecular complexity index is 583. The minimum absolute atomic E-state index is 0.227. The largest absolute Gasteiger partial charge is 0.480 e. The van der Waals surface area contributed by atoms with Gasteiger partial charge in [-0.25, -0.2) is 9.59 Å². The molecule has 1 heterocycles. The summed E-state index contributed by atoms with van der Waals surface area (Å²) >= 11 is 4.87. The van der Waals surface area contributed by atoms with Gasteiger partial charge in [0.05, 0.1) is 15.9 Å². The van der Waals surface area contributed by atoms with Crippen molar-refractivity contribution in [2.45, 2.75) is 45.1 Å². The summed E-state index contributed by atoms with van der Waals surface area (Å²) in [5, 5.41) is 15.9. The normalized spacial score (nSPS) is 12.8. The van der Waals surface area contributed by atoms with Crippen LogP contribution >= 0.6 is 27.7 Å². The molecule has 0 aliphatic heterocycles. The maximum Gasteiger partial charge on any atom is 0.408 e. The van der Waals surface area contributed by atoms with E-state index in [4.69, 9.17) is 4.74 Å². The van der Waals surface area contributed by atoms with E-state index in [1.54, 1.807) is 25.5 Å². The van der Waals surface area contributed by atoms with Crippen LogP contribution in [0.1, 0.15) is 32.2 Å². The first-order chi connectivity index (χ1) is 10.5. The Morgan fingerprint density at radius 1 is 1.48 bits per heavy atom. The Balaban J connectivity index is 2.57. The standard InChI is InChI=1S/C14H22BrN3O4S/c1-8-11(15)10(18(5)17-8)7-23-6-9(12(19)20)16-13(21)22-14(2,3)4/h9H,6-7H2,1-5H3,(H,16,21)(H,19,20). The highest BCUT2D eigenvalue weighted by Crippen LogP contribution is 2.24. The molecule has 0 saturated carbocycles. The number of hydrogen-bond acceptors (Lipinski definition) is 5. The highest BCUT2D eigenvalue weighted by Gasteiger charge is 2.24. The van der Waals surface area contributed by atoms with E-state index >= 15 is 0 Å². The Morgan fingerprint density at radius 2 is 2.09 bits per heavy atom. The van der Waals surface area contributed by atoms with Crippen LogP contribution < -0.4 is 5.32 Å². The second kappa shape index (κ2) is 8.05. The number of carbonyl (C=O) groups excluding carboxylic acids is 1. The lowest BCUT2D eigenvalue weighted by Gasteiger charge is -2.21. The summed E-state index contributed by atoms with van der Waals surface area (Å²) in [6, 6.07) is -1.01. The number of nitrogens with one attached hydrogen (secondary N) is 1. The molecule has 1 aromatic heterocycles. The number of carboxylic acids is 1. The van der Waals surface area contributed by atoms with Crippen molar-refractivity contribution < 1.29 is 19.4 Å². The Hall–Kier alpha value is -1.22. The van der Waals surface area contributed by atoms with Crippen LogP contribution in [0.4, 0.5) is 4.79 Å². The van der Waals surface area contributed by atoms with Crippen LogP contribution in [0.5, 0.6) is 0 Å². The fraction of sp³-hybridized carbons (Fsp3) is 0.643. The lowest BCUT2D eigenvalue weighted by molar-refractivity contribution is -0.138. The summed E-state index contributed by atoms with van der Waals surface area (Å²) in [5.41, 5.74) is 1.18. The average Bonchev–Trinajstić information content (AvgIpc) is 2.61. The number of rotatable bonds is 6. The summed E-state index contributed by atoms with van der Waals surface area (Å²) in [7, 11) is 1.83. The number of thioether (sulfide) groups is 1. The SMILES string of the molecule is Cc1nn(C)c(CSCC(NC(=O)OC(C)(C)C)C(=O)O)c1Br. The molecule has 0 bridgehead atoms. The molecule has 0 radical (unpaired) electrons. The van der Waals surface area contributed by atoms with E-state index in [-0.39, 0.29) is 5.75 Å². The number of aryl methyl sites for hydroxylation is 2. The molecular formula is C14H22BrN3O4S. The van der Waals surface area contributed by atoms with E-state index in [0.29, 0.717) is 5.75 Å². The van der Waals surface area contributed by atoms with E-state index < -0.39 is 23.7 Å². The van der Waals surface area contributed by atoms with E-state index in [2.05, 4.69) is 26.3 Å². The summed E-state index contributed by atoms with van der Waals surface area (Å²) in [5.74, 6) is -0.285. The van der Waals surface area contributed by atoms with E-state index in [1.807, 2.05) is 14.0 Å². The Morgan fingerprint density at radius 3 is 2.52 bits per heavy atom. The Labute approximate surface area is 148 Å². The number of aliphatic carboxylic acids is 1. The van der Waals surface area contributed by atoms with Gasteiger partial charge >= 0.3 is 12.1 Å². The topological polar surface area (TPSA) is 93.5 Å². The molecule has 0 aliphatic rings. The third-order valence-corrected chi connectivity index (χ3v) is 4.85. The van der Waals surface area contributed by atoms with E-state index in [0.717, 1.165) is 15.9 Å². The number of carboxylic acid groups (broad SMARTS) is 1. The van der Waals surface area contributed by atoms with Crippen molar-refractivity contribution in [3.8, 4) is 0 Å². The van der Waals surface area contributed by atoms with Gasteiger partial charge in [-0.05, 0) is 43.6 Å². The predicted molar refractivity (Wildman–Crippen MR) is 92.6 cm³/mol. The predicted octanol–water partition coefficient (Wildman–Crippen LogP) is 2.70. The molecule has 1 atom stereocenters. The number of amides is 1. The molecule has 9 heteroatoms. The van der Waals surface area contributed by atoms with Crippen molar-refractivity contribution in [2.24, 2.45) is 7.05 Å². The molecule has 1 rings (SSSR count). The van der Waals surface area contributed by atoms with Gasteiger partial charge in [0.15, 0.2) is 0 Å². The molecule has 1 aromatic rings. The number of aromatic nitrogens is 2. The first-order valence-corrected chi connectivity index (χ1v) is 8.94. The molecule has 130 valence electrons. The molecule has 1 unspecified atom stereocenters. The summed E-state index contributed by atoms with van der Waals surface area (Å²) in [4.78, 5) is 23.0. The minimum atomic E-state index is -1.09. The maximum absolute atomic E-state index is 11.7. The third kappa shape index (κ3) is 6.42. The van der Waals surface area contributed by atoms with E-state index in [9.17, 15) is 14.7 Å². The quantitative estimate of drug-likeness (QED) is 0.752. The van der Waals surface area contributed by atoms with Crippen molar-refractivity contribution in [3.63, 3.8) is 0 Å². The number of hydrogen-bond donors (Lipinski definition) is 2. The fourth-order valence-corrected chi connectivity index (χ4v) is 3.50. The molecular weight excluding hydrogens is 386 g/mol. The smallest absolute Gasteiger partial charge is 0.408 e. The van der Waals surface area contributed by atoms with E-state index in [1.165, 1.54) is 11.8 Å². The van der Waals surface area contributed by atoms with Gasteiger partial charge in [-0.15, -0.1) is 0 Å². The molecule has 0 aromatic carbocycles. The molecule has 23 heavy (non-hydrogen) atoms. The maximum atomic E-state index is 11.7. The molecule has 0 spiro atoms. The van der Waals surface area contributed by atoms with Crippen LogP contribution in [0.2, 0.25) is 0 Å². The van der Waals surface area contributed by atoms with Gasteiger partial charge in [-0.1, -0.05) is 0 Å².